The van der Waals surface area contributed by atoms with Crippen molar-refractivity contribution in [3.63, 3.8) is 0 Å². The summed E-state index contributed by atoms with van der Waals surface area (Å²) in [6, 6.07) is 13.9. The van der Waals surface area contributed by atoms with Crippen LogP contribution in [-0.4, -0.2) is 10.9 Å². The average Bonchev–Trinajstić information content (AvgIpc) is 2.63. The van der Waals surface area contributed by atoms with E-state index in [1.54, 1.807) is 18.5 Å². The third-order valence-electron chi connectivity index (χ3n) is 4.25. The second-order valence-corrected chi connectivity index (χ2v) is 7.10. The number of hydrogen-bond acceptors (Lipinski definition) is 3. The molecule has 0 radical (unpaired) electrons. The molecule has 2 aromatic carbocycles. The molecule has 3 rings (SSSR count). The summed E-state index contributed by atoms with van der Waals surface area (Å²) >= 11 is 6.29. The van der Waals surface area contributed by atoms with Gasteiger partial charge in [-0.05, 0) is 49.6 Å². The highest BCUT2D eigenvalue weighted by atomic mass is 35.5. The second-order valence-electron chi connectivity index (χ2n) is 6.70. The zero-order valence-corrected chi connectivity index (χ0v) is 16.4. The van der Waals surface area contributed by atoms with Gasteiger partial charge in [0.05, 0.1) is 22.0 Å². The Bertz CT molecular complexity index is 962. The van der Waals surface area contributed by atoms with E-state index in [4.69, 9.17) is 11.6 Å². The van der Waals surface area contributed by atoms with Crippen LogP contribution in [0.5, 0.6) is 0 Å². The molecule has 0 saturated heterocycles. The molecule has 0 atom stereocenters. The molecule has 2 N–H and O–H groups in total. The summed E-state index contributed by atoms with van der Waals surface area (Å²) < 4.78 is 0. The Morgan fingerprint density at radius 3 is 2.59 bits per heavy atom. The SMILES string of the molecule is Cc1cccc(CNc2cncc(C(=O)Nc3c(C)cc(C)cc3Cl)c2)c1. The highest BCUT2D eigenvalue weighted by Gasteiger charge is 2.12. The fourth-order valence-electron chi connectivity index (χ4n) is 2.95. The predicted molar refractivity (Wildman–Crippen MR) is 112 cm³/mol. The van der Waals surface area contributed by atoms with E-state index in [0.29, 0.717) is 22.8 Å². The molecule has 0 aliphatic carbocycles. The van der Waals surface area contributed by atoms with Gasteiger partial charge in [-0.1, -0.05) is 47.5 Å². The lowest BCUT2D eigenvalue weighted by Crippen LogP contribution is -2.14. The third kappa shape index (κ3) is 4.86. The summed E-state index contributed by atoms with van der Waals surface area (Å²) in [4.78, 5) is 16.8. The molecule has 0 fully saturated rings. The Labute approximate surface area is 164 Å². The number of aromatic nitrogens is 1. The van der Waals surface area contributed by atoms with Gasteiger partial charge in [-0.3, -0.25) is 9.78 Å². The number of carbonyl (C=O) groups excluding carboxylic acids is 1. The van der Waals surface area contributed by atoms with Crippen LogP contribution in [0.1, 0.15) is 32.6 Å². The maximum absolute atomic E-state index is 12.6. The number of benzene rings is 2. The Kier molecular flexibility index (Phi) is 5.77. The molecule has 0 bridgehead atoms. The molecule has 0 aliphatic rings. The topological polar surface area (TPSA) is 54.0 Å². The summed E-state index contributed by atoms with van der Waals surface area (Å²) in [6.45, 7) is 6.62. The fraction of sp³-hybridized carbons (Fsp3) is 0.182. The summed E-state index contributed by atoms with van der Waals surface area (Å²) in [5.41, 5.74) is 6.26. The van der Waals surface area contributed by atoms with Crippen molar-refractivity contribution < 1.29 is 4.79 Å². The van der Waals surface area contributed by atoms with E-state index in [-0.39, 0.29) is 5.91 Å². The number of pyridine rings is 1. The van der Waals surface area contributed by atoms with Crippen LogP contribution < -0.4 is 10.6 Å². The molecule has 1 heterocycles. The van der Waals surface area contributed by atoms with E-state index in [0.717, 1.165) is 16.8 Å². The smallest absolute Gasteiger partial charge is 0.257 e. The van der Waals surface area contributed by atoms with Crippen molar-refractivity contribution in [2.24, 2.45) is 0 Å². The van der Waals surface area contributed by atoms with Crippen LogP contribution in [0.2, 0.25) is 5.02 Å². The molecular formula is C22H22ClN3O. The lowest BCUT2D eigenvalue weighted by Gasteiger charge is -2.12. The van der Waals surface area contributed by atoms with E-state index in [2.05, 4.69) is 40.7 Å². The number of halogens is 1. The number of carbonyl (C=O) groups is 1. The van der Waals surface area contributed by atoms with E-state index < -0.39 is 0 Å². The Hall–Kier alpha value is -2.85. The summed E-state index contributed by atoms with van der Waals surface area (Å²) in [5, 5.41) is 6.73. The molecule has 4 nitrogen and oxygen atoms in total. The van der Waals surface area contributed by atoms with Gasteiger partial charge in [0, 0.05) is 18.9 Å². The molecule has 1 aromatic heterocycles. The number of aryl methyl sites for hydroxylation is 3. The van der Waals surface area contributed by atoms with Crippen molar-refractivity contribution in [1.29, 1.82) is 0 Å². The van der Waals surface area contributed by atoms with Crippen molar-refractivity contribution in [2.75, 3.05) is 10.6 Å². The van der Waals surface area contributed by atoms with Crippen molar-refractivity contribution in [2.45, 2.75) is 27.3 Å². The number of hydrogen-bond donors (Lipinski definition) is 2. The monoisotopic (exact) mass is 379 g/mol. The molecule has 1 amide bonds. The van der Waals surface area contributed by atoms with Crippen LogP contribution in [0.4, 0.5) is 11.4 Å². The first-order chi connectivity index (χ1) is 12.9. The number of rotatable bonds is 5. The molecule has 0 unspecified atom stereocenters. The summed E-state index contributed by atoms with van der Waals surface area (Å²) in [5.74, 6) is -0.240. The molecule has 138 valence electrons. The van der Waals surface area contributed by atoms with Crippen molar-refractivity contribution in [1.82, 2.24) is 4.98 Å². The Morgan fingerprint density at radius 2 is 1.85 bits per heavy atom. The standard InChI is InChI=1S/C22H22ClN3O/c1-14-5-4-6-17(8-14)11-25-19-10-18(12-24-13-19)22(27)26-21-16(3)7-15(2)9-20(21)23/h4-10,12-13,25H,11H2,1-3H3,(H,26,27). The minimum Gasteiger partial charge on any atom is -0.380 e. The molecular weight excluding hydrogens is 358 g/mol. The minimum absolute atomic E-state index is 0.240. The van der Waals surface area contributed by atoms with E-state index in [1.807, 2.05) is 32.0 Å². The van der Waals surface area contributed by atoms with E-state index in [9.17, 15) is 4.79 Å². The van der Waals surface area contributed by atoms with Crippen molar-refractivity contribution >= 4 is 28.9 Å². The van der Waals surface area contributed by atoms with Crippen molar-refractivity contribution in [3.05, 3.63) is 87.7 Å². The highest BCUT2D eigenvalue weighted by molar-refractivity contribution is 6.34. The maximum Gasteiger partial charge on any atom is 0.257 e. The van der Waals surface area contributed by atoms with Gasteiger partial charge in [0.25, 0.3) is 5.91 Å². The van der Waals surface area contributed by atoms with Crippen LogP contribution >= 0.6 is 11.6 Å². The zero-order valence-electron chi connectivity index (χ0n) is 15.6. The van der Waals surface area contributed by atoms with Gasteiger partial charge >= 0.3 is 0 Å². The molecule has 0 spiro atoms. The van der Waals surface area contributed by atoms with E-state index >= 15 is 0 Å². The van der Waals surface area contributed by atoms with E-state index in [1.165, 1.54) is 11.1 Å². The first kappa shape index (κ1) is 18.9. The first-order valence-corrected chi connectivity index (χ1v) is 9.13. The van der Waals surface area contributed by atoms with Crippen LogP contribution in [-0.2, 0) is 6.54 Å². The number of nitrogens with zero attached hydrogens (tertiary/aromatic N) is 1. The van der Waals surface area contributed by atoms with Gasteiger partial charge in [-0.25, -0.2) is 0 Å². The highest BCUT2D eigenvalue weighted by Crippen LogP contribution is 2.28. The number of amides is 1. The van der Waals surface area contributed by atoms with Crippen LogP contribution in [0.25, 0.3) is 0 Å². The van der Waals surface area contributed by atoms with Crippen LogP contribution in [0.15, 0.2) is 54.9 Å². The predicted octanol–water partition coefficient (Wildman–Crippen LogP) is 5.52. The van der Waals surface area contributed by atoms with Gasteiger partial charge in [-0.2, -0.15) is 0 Å². The lowest BCUT2D eigenvalue weighted by atomic mass is 10.1. The quantitative estimate of drug-likeness (QED) is 0.613. The number of anilines is 2. The Balaban J connectivity index is 1.72. The van der Waals surface area contributed by atoms with Crippen LogP contribution in [0, 0.1) is 20.8 Å². The fourth-order valence-corrected chi connectivity index (χ4v) is 3.32. The van der Waals surface area contributed by atoms with Crippen molar-refractivity contribution in [3.8, 4) is 0 Å². The second kappa shape index (κ2) is 8.23. The van der Waals surface area contributed by atoms with Gasteiger partial charge in [0.15, 0.2) is 0 Å². The molecule has 27 heavy (non-hydrogen) atoms. The number of nitrogens with one attached hydrogen (secondary N) is 2. The largest absolute Gasteiger partial charge is 0.380 e. The maximum atomic E-state index is 12.6. The van der Waals surface area contributed by atoms with Crippen LogP contribution in [0.3, 0.4) is 0 Å². The first-order valence-electron chi connectivity index (χ1n) is 8.75. The molecule has 3 aromatic rings. The molecule has 0 saturated carbocycles. The average molecular weight is 380 g/mol. The van der Waals surface area contributed by atoms with Gasteiger partial charge in [0.1, 0.15) is 0 Å². The normalized spacial score (nSPS) is 10.5. The van der Waals surface area contributed by atoms with Gasteiger partial charge < -0.3 is 10.6 Å². The lowest BCUT2D eigenvalue weighted by molar-refractivity contribution is 0.102. The summed E-state index contributed by atoms with van der Waals surface area (Å²) in [6.07, 6.45) is 3.25. The molecule has 0 aliphatic heterocycles. The minimum atomic E-state index is -0.240. The van der Waals surface area contributed by atoms with Gasteiger partial charge in [-0.15, -0.1) is 0 Å². The third-order valence-corrected chi connectivity index (χ3v) is 4.55. The van der Waals surface area contributed by atoms with Gasteiger partial charge in [0.2, 0.25) is 0 Å². The molecule has 5 heteroatoms. The zero-order chi connectivity index (χ0) is 19.4. The summed E-state index contributed by atoms with van der Waals surface area (Å²) in [7, 11) is 0. The Morgan fingerprint density at radius 1 is 1.04 bits per heavy atom.